The van der Waals surface area contributed by atoms with Crippen molar-refractivity contribution in [2.45, 2.75) is 12.0 Å². The third kappa shape index (κ3) is 6.31. The summed E-state index contributed by atoms with van der Waals surface area (Å²) in [5.41, 5.74) is -0.101. The first-order valence-electron chi connectivity index (χ1n) is 10.6. The van der Waals surface area contributed by atoms with Gasteiger partial charge in [-0.15, -0.1) is 0 Å². The minimum atomic E-state index is -3.67. The summed E-state index contributed by atoms with van der Waals surface area (Å²) >= 11 is 12.4. The maximum absolute atomic E-state index is 13.6. The fraction of sp³-hybridized carbons (Fsp3) is 0.435. The normalized spacial score (nSPS) is 18.3. The number of methoxy groups -OCH3 is 3. The Morgan fingerprint density at radius 3 is 2.26 bits per heavy atom. The minimum absolute atomic E-state index is 0.119. The van der Waals surface area contributed by atoms with Crippen molar-refractivity contribution in [3.05, 3.63) is 51.5 Å². The van der Waals surface area contributed by atoms with Gasteiger partial charge in [0.2, 0.25) is 5.75 Å². The average Bonchev–Trinajstić information content (AvgIpc) is 2.83. The smallest absolute Gasteiger partial charge is 0.264 e. The summed E-state index contributed by atoms with van der Waals surface area (Å²) in [6.45, 7) is 0.486. The van der Waals surface area contributed by atoms with E-state index < -0.39 is 15.7 Å². The first-order chi connectivity index (χ1) is 16.5. The predicted molar refractivity (Wildman–Crippen MR) is 132 cm³/mol. The zero-order valence-corrected chi connectivity index (χ0v) is 22.1. The Morgan fingerprint density at radius 1 is 1.06 bits per heavy atom. The summed E-state index contributed by atoms with van der Waals surface area (Å²) in [4.78, 5) is 15.2. The largest absolute Gasteiger partial charge is 0.493 e. The van der Waals surface area contributed by atoms with Gasteiger partial charge in [0, 0.05) is 18.5 Å². The molecule has 0 aromatic heterocycles. The Bertz CT molecular complexity index is 1170. The quantitative estimate of drug-likeness (QED) is 0.437. The van der Waals surface area contributed by atoms with Crippen molar-refractivity contribution in [2.24, 2.45) is 0 Å². The molecule has 2 aromatic carbocycles. The van der Waals surface area contributed by atoms with E-state index in [1.807, 2.05) is 0 Å². The number of ether oxygens (including phenoxy) is 4. The number of carbonyl (C=O) groups is 1. The highest BCUT2D eigenvalue weighted by atomic mass is 35.5. The molecule has 0 N–H and O–H groups in total. The van der Waals surface area contributed by atoms with Crippen molar-refractivity contribution in [2.75, 3.05) is 53.9 Å². The molecule has 35 heavy (non-hydrogen) atoms. The van der Waals surface area contributed by atoms with E-state index >= 15 is 0 Å². The van der Waals surface area contributed by atoms with Crippen LogP contribution in [0.3, 0.4) is 0 Å². The number of hydrogen-bond acceptors (Lipinski definition) is 8. The lowest BCUT2D eigenvalue weighted by molar-refractivity contribution is -0.114. The SMILES string of the molecule is COc1cc(C(=O)N2CCOC(CCOS(C)(=O)=O)(c3ccc(Cl)c(Cl)c3)C2)cc(OC)c1OC. The second-order valence-electron chi connectivity index (χ2n) is 7.89. The van der Waals surface area contributed by atoms with Crippen LogP contribution in [0, 0.1) is 0 Å². The van der Waals surface area contributed by atoms with Gasteiger partial charge < -0.3 is 23.8 Å². The maximum atomic E-state index is 13.6. The summed E-state index contributed by atoms with van der Waals surface area (Å²) in [6, 6.07) is 8.17. The number of rotatable bonds is 9. The number of benzene rings is 2. The summed E-state index contributed by atoms with van der Waals surface area (Å²) in [7, 11) is 0.753. The monoisotopic (exact) mass is 547 g/mol. The van der Waals surface area contributed by atoms with Crippen LogP contribution in [-0.4, -0.2) is 73.1 Å². The van der Waals surface area contributed by atoms with Crippen molar-refractivity contribution < 1.29 is 36.3 Å². The van der Waals surface area contributed by atoms with Crippen LogP contribution in [0.5, 0.6) is 17.2 Å². The third-order valence-corrected chi connectivity index (χ3v) is 6.97. The second kappa shape index (κ2) is 11.2. The van der Waals surface area contributed by atoms with Gasteiger partial charge >= 0.3 is 0 Å². The molecular weight excluding hydrogens is 521 g/mol. The Balaban J connectivity index is 1.97. The van der Waals surface area contributed by atoms with Crippen LogP contribution in [0.25, 0.3) is 0 Å². The fourth-order valence-electron chi connectivity index (χ4n) is 3.95. The lowest BCUT2D eigenvalue weighted by Crippen LogP contribution is -2.52. The number of amides is 1. The van der Waals surface area contributed by atoms with E-state index in [9.17, 15) is 13.2 Å². The predicted octanol–water partition coefficient (Wildman–Crippen LogP) is 3.75. The number of carbonyl (C=O) groups excluding carboxylic acids is 1. The van der Waals surface area contributed by atoms with Crippen LogP contribution in [0.15, 0.2) is 30.3 Å². The maximum Gasteiger partial charge on any atom is 0.264 e. The average molecular weight is 548 g/mol. The van der Waals surface area contributed by atoms with Gasteiger partial charge in [0.15, 0.2) is 11.5 Å². The molecule has 1 amide bonds. The van der Waals surface area contributed by atoms with Crippen molar-refractivity contribution in [1.29, 1.82) is 0 Å². The van der Waals surface area contributed by atoms with Gasteiger partial charge in [-0.3, -0.25) is 8.98 Å². The molecule has 0 saturated carbocycles. The van der Waals surface area contributed by atoms with E-state index in [0.717, 1.165) is 6.26 Å². The number of nitrogens with zero attached hydrogens (tertiary/aromatic N) is 1. The Kier molecular flexibility index (Phi) is 8.76. The highest BCUT2D eigenvalue weighted by molar-refractivity contribution is 7.85. The van der Waals surface area contributed by atoms with Crippen molar-refractivity contribution in [3.63, 3.8) is 0 Å². The molecule has 1 atom stereocenters. The molecule has 0 aliphatic carbocycles. The van der Waals surface area contributed by atoms with Crippen molar-refractivity contribution >= 4 is 39.2 Å². The van der Waals surface area contributed by atoms with Crippen molar-refractivity contribution in [3.8, 4) is 17.2 Å². The van der Waals surface area contributed by atoms with Crippen LogP contribution in [0.2, 0.25) is 10.0 Å². The van der Waals surface area contributed by atoms with Crippen LogP contribution < -0.4 is 14.2 Å². The van der Waals surface area contributed by atoms with Gasteiger partial charge in [-0.1, -0.05) is 29.3 Å². The summed E-state index contributed by atoms with van der Waals surface area (Å²) in [5.74, 6) is 0.777. The van der Waals surface area contributed by atoms with Crippen LogP contribution in [-0.2, 0) is 24.6 Å². The number of hydrogen-bond donors (Lipinski definition) is 0. The van der Waals surface area contributed by atoms with Crippen LogP contribution in [0.1, 0.15) is 22.3 Å². The van der Waals surface area contributed by atoms with Gasteiger partial charge in [0.25, 0.3) is 16.0 Å². The highest BCUT2D eigenvalue weighted by Crippen LogP contribution is 2.40. The Labute approximate surface area is 214 Å². The van der Waals surface area contributed by atoms with Gasteiger partial charge in [-0.2, -0.15) is 8.42 Å². The van der Waals surface area contributed by atoms with Crippen LogP contribution >= 0.6 is 23.2 Å². The first kappa shape index (κ1) is 27.3. The minimum Gasteiger partial charge on any atom is -0.493 e. The number of halogens is 2. The second-order valence-corrected chi connectivity index (χ2v) is 10.3. The van der Waals surface area contributed by atoms with E-state index in [1.54, 1.807) is 35.2 Å². The molecule has 1 unspecified atom stereocenters. The molecule has 1 fully saturated rings. The van der Waals surface area contributed by atoms with Crippen molar-refractivity contribution in [1.82, 2.24) is 4.90 Å². The number of morpholine rings is 1. The van der Waals surface area contributed by atoms with Gasteiger partial charge in [-0.25, -0.2) is 0 Å². The summed E-state index contributed by atoms with van der Waals surface area (Å²) < 4.78 is 50.3. The topological polar surface area (TPSA) is 101 Å². The fourth-order valence-corrected chi connectivity index (χ4v) is 4.64. The highest BCUT2D eigenvalue weighted by Gasteiger charge is 2.41. The zero-order valence-electron chi connectivity index (χ0n) is 19.8. The summed E-state index contributed by atoms with van der Waals surface area (Å²) in [6.07, 6.45) is 1.12. The molecule has 1 saturated heterocycles. The summed E-state index contributed by atoms with van der Waals surface area (Å²) in [5, 5.41) is 0.670. The van der Waals surface area contributed by atoms with Gasteiger partial charge in [0.05, 0.1) is 57.4 Å². The molecule has 12 heteroatoms. The molecule has 1 aliphatic heterocycles. The molecule has 1 aliphatic rings. The molecule has 9 nitrogen and oxygen atoms in total. The molecule has 2 aromatic rings. The van der Waals surface area contributed by atoms with E-state index in [0.29, 0.717) is 45.0 Å². The Hall–Kier alpha value is -2.24. The lowest BCUT2D eigenvalue weighted by Gasteiger charge is -2.43. The van der Waals surface area contributed by atoms with E-state index in [2.05, 4.69) is 0 Å². The van der Waals surface area contributed by atoms with Gasteiger partial charge in [0.1, 0.15) is 5.60 Å². The molecule has 3 rings (SSSR count). The molecule has 0 spiro atoms. The molecule has 0 radical (unpaired) electrons. The van der Waals surface area contributed by atoms with E-state index in [4.69, 9.17) is 46.3 Å². The molecule has 192 valence electrons. The standard InChI is InChI=1S/C23H27Cl2NO8S/c1-30-19-11-15(12-20(31-2)21(19)32-3)22(27)26-8-10-33-23(14-26,7-9-34-35(4,28)29)16-5-6-17(24)18(25)13-16/h5-6,11-13H,7-10,14H2,1-4H3. The first-order valence-corrected chi connectivity index (χ1v) is 13.1. The molecule has 1 heterocycles. The van der Waals surface area contributed by atoms with Gasteiger partial charge in [-0.05, 0) is 29.8 Å². The van der Waals surface area contributed by atoms with Crippen LogP contribution in [0.4, 0.5) is 0 Å². The van der Waals surface area contributed by atoms with E-state index in [1.165, 1.54) is 21.3 Å². The van der Waals surface area contributed by atoms with E-state index in [-0.39, 0.29) is 32.1 Å². The third-order valence-electron chi connectivity index (χ3n) is 5.63. The molecular formula is C23H27Cl2NO8S. The Morgan fingerprint density at radius 2 is 1.71 bits per heavy atom. The lowest BCUT2D eigenvalue weighted by atomic mass is 9.88. The zero-order chi connectivity index (χ0) is 25.8. The molecule has 0 bridgehead atoms.